The summed E-state index contributed by atoms with van der Waals surface area (Å²) in [5.74, 6) is 1.37. The first-order valence-electron chi connectivity index (χ1n) is 5.57. The monoisotopic (exact) mass is 239 g/mol. The van der Waals surface area contributed by atoms with Gasteiger partial charge in [-0.2, -0.15) is 5.10 Å². The van der Waals surface area contributed by atoms with Gasteiger partial charge in [0.2, 0.25) is 0 Å². The fourth-order valence-electron chi connectivity index (χ4n) is 2.09. The summed E-state index contributed by atoms with van der Waals surface area (Å²) < 4.78 is 4.91. The van der Waals surface area contributed by atoms with E-state index in [1.165, 1.54) is 5.71 Å². The molecule has 2 rings (SSSR count). The van der Waals surface area contributed by atoms with Gasteiger partial charge in [-0.1, -0.05) is 12.2 Å². The van der Waals surface area contributed by atoms with Crippen molar-refractivity contribution in [1.29, 1.82) is 0 Å². The van der Waals surface area contributed by atoms with Gasteiger partial charge in [0.1, 0.15) is 0 Å². The molecular formula is C11H17N3OS. The van der Waals surface area contributed by atoms with Crippen LogP contribution in [0.4, 0.5) is 0 Å². The van der Waals surface area contributed by atoms with Crippen LogP contribution in [0.25, 0.3) is 0 Å². The Balaban J connectivity index is 1.67. The van der Waals surface area contributed by atoms with Crippen LogP contribution in [0.15, 0.2) is 17.3 Å². The van der Waals surface area contributed by atoms with Crippen LogP contribution in [-0.4, -0.2) is 31.1 Å². The molecule has 4 nitrogen and oxygen atoms in total. The second-order valence-electron chi connectivity index (χ2n) is 4.10. The van der Waals surface area contributed by atoms with E-state index in [1.807, 2.05) is 0 Å². The third-order valence-electron chi connectivity index (χ3n) is 3.06. The van der Waals surface area contributed by atoms with E-state index in [1.54, 1.807) is 7.11 Å². The second-order valence-corrected chi connectivity index (χ2v) is 4.51. The molecule has 0 heterocycles. The molecule has 0 aromatic carbocycles. The van der Waals surface area contributed by atoms with Gasteiger partial charge < -0.3 is 10.1 Å². The lowest BCUT2D eigenvalue weighted by molar-refractivity contribution is 0.204. The molecule has 0 aromatic rings. The maximum Gasteiger partial charge on any atom is 0.187 e. The minimum Gasteiger partial charge on any atom is -0.383 e. The summed E-state index contributed by atoms with van der Waals surface area (Å²) in [5.41, 5.74) is 4.12. The lowest BCUT2D eigenvalue weighted by atomic mass is 9.74. The average molecular weight is 239 g/mol. The normalized spacial score (nSPS) is 28.7. The van der Waals surface area contributed by atoms with Crippen LogP contribution in [0.3, 0.4) is 0 Å². The van der Waals surface area contributed by atoms with Crippen molar-refractivity contribution in [2.24, 2.45) is 16.9 Å². The van der Waals surface area contributed by atoms with E-state index in [-0.39, 0.29) is 0 Å². The Bertz CT molecular complexity index is 327. The number of hydrogen-bond acceptors (Lipinski definition) is 3. The molecule has 1 saturated carbocycles. The summed E-state index contributed by atoms with van der Waals surface area (Å²) in [6.07, 6.45) is 6.75. The molecule has 88 valence electrons. The average Bonchev–Trinajstić information content (AvgIpc) is 2.61. The van der Waals surface area contributed by atoms with Gasteiger partial charge >= 0.3 is 0 Å². The molecule has 5 heteroatoms. The molecule has 0 radical (unpaired) electrons. The Morgan fingerprint density at radius 3 is 3.31 bits per heavy atom. The number of hydrazone groups is 1. The fourth-order valence-corrected chi connectivity index (χ4v) is 2.24. The molecule has 2 atom stereocenters. The number of hydrogen-bond donors (Lipinski definition) is 2. The number of allylic oxidation sites excluding steroid dienone is 2. The molecule has 1 fully saturated rings. The highest BCUT2D eigenvalue weighted by Gasteiger charge is 2.37. The molecule has 0 saturated heterocycles. The van der Waals surface area contributed by atoms with Gasteiger partial charge in [-0.15, -0.1) is 0 Å². The molecule has 0 spiro atoms. The van der Waals surface area contributed by atoms with Gasteiger partial charge in [0.05, 0.1) is 6.61 Å². The highest BCUT2D eigenvalue weighted by Crippen LogP contribution is 2.39. The Morgan fingerprint density at radius 1 is 1.69 bits per heavy atom. The number of nitrogens with one attached hydrogen (secondary N) is 2. The SMILES string of the molecule is COCCNC(=S)N/N=C1/C[C@@H]2C=CC[C@H]12. The smallest absolute Gasteiger partial charge is 0.187 e. The van der Waals surface area contributed by atoms with Crippen LogP contribution >= 0.6 is 12.2 Å². The zero-order valence-electron chi connectivity index (χ0n) is 9.40. The minimum absolute atomic E-state index is 0.568. The summed E-state index contributed by atoms with van der Waals surface area (Å²) >= 11 is 5.08. The van der Waals surface area contributed by atoms with Crippen molar-refractivity contribution < 1.29 is 4.74 Å². The van der Waals surface area contributed by atoms with Crippen LogP contribution in [0.2, 0.25) is 0 Å². The maximum atomic E-state index is 5.08. The summed E-state index contributed by atoms with van der Waals surface area (Å²) in [5, 5.41) is 7.92. The van der Waals surface area contributed by atoms with E-state index < -0.39 is 0 Å². The zero-order valence-corrected chi connectivity index (χ0v) is 10.2. The zero-order chi connectivity index (χ0) is 11.4. The molecule has 0 amide bonds. The van der Waals surface area contributed by atoms with Crippen molar-refractivity contribution in [3.8, 4) is 0 Å². The van der Waals surface area contributed by atoms with Gasteiger partial charge in [0, 0.05) is 25.3 Å². The van der Waals surface area contributed by atoms with Crippen molar-refractivity contribution >= 4 is 23.0 Å². The molecule has 2 aliphatic rings. The van der Waals surface area contributed by atoms with Crippen molar-refractivity contribution in [1.82, 2.24) is 10.7 Å². The Hall–Kier alpha value is -0.940. The van der Waals surface area contributed by atoms with Crippen molar-refractivity contribution in [3.05, 3.63) is 12.2 Å². The first-order valence-corrected chi connectivity index (χ1v) is 5.98. The van der Waals surface area contributed by atoms with E-state index in [0.717, 1.165) is 18.8 Å². The first-order chi connectivity index (χ1) is 7.81. The van der Waals surface area contributed by atoms with Crippen molar-refractivity contribution in [2.75, 3.05) is 20.3 Å². The fraction of sp³-hybridized carbons (Fsp3) is 0.636. The lowest BCUT2D eigenvalue weighted by Gasteiger charge is -2.31. The van der Waals surface area contributed by atoms with Gasteiger partial charge in [0.25, 0.3) is 0 Å². The number of methoxy groups -OCH3 is 1. The largest absolute Gasteiger partial charge is 0.383 e. The highest BCUT2D eigenvalue weighted by molar-refractivity contribution is 7.80. The lowest BCUT2D eigenvalue weighted by Crippen LogP contribution is -2.39. The highest BCUT2D eigenvalue weighted by atomic mass is 32.1. The topological polar surface area (TPSA) is 45.6 Å². The van der Waals surface area contributed by atoms with Crippen molar-refractivity contribution in [3.63, 3.8) is 0 Å². The predicted octanol–water partition coefficient (Wildman–Crippen LogP) is 1.05. The summed E-state index contributed by atoms with van der Waals surface area (Å²) in [6, 6.07) is 0. The number of thiocarbonyl (C=S) groups is 1. The van der Waals surface area contributed by atoms with E-state index >= 15 is 0 Å². The molecule has 0 unspecified atom stereocenters. The molecule has 2 aliphatic carbocycles. The maximum absolute atomic E-state index is 5.08. The molecule has 0 bridgehead atoms. The summed E-state index contributed by atoms with van der Waals surface area (Å²) in [7, 11) is 1.67. The van der Waals surface area contributed by atoms with Crippen LogP contribution in [0.1, 0.15) is 12.8 Å². The van der Waals surface area contributed by atoms with E-state index in [9.17, 15) is 0 Å². The number of rotatable bonds is 4. The Kier molecular flexibility index (Phi) is 3.90. The Morgan fingerprint density at radius 2 is 2.56 bits per heavy atom. The van der Waals surface area contributed by atoms with E-state index in [2.05, 4.69) is 28.0 Å². The standard InChI is InChI=1S/C11H17N3OS/c1-15-6-5-12-11(16)14-13-10-7-8-3-2-4-9(8)10/h2-3,8-9H,4-7H2,1H3,(H2,12,14,16)/b13-10-/t8-,9-/m0/s1. The van der Waals surface area contributed by atoms with Gasteiger partial charge in [-0.25, -0.2) is 0 Å². The molecule has 0 aliphatic heterocycles. The van der Waals surface area contributed by atoms with Crippen LogP contribution in [0.5, 0.6) is 0 Å². The van der Waals surface area contributed by atoms with E-state index in [4.69, 9.17) is 17.0 Å². The number of ether oxygens (including phenoxy) is 1. The molecule has 2 N–H and O–H groups in total. The number of fused-ring (bicyclic) bond motifs is 1. The van der Waals surface area contributed by atoms with Gasteiger partial charge in [-0.3, -0.25) is 5.43 Å². The third-order valence-corrected chi connectivity index (χ3v) is 3.29. The van der Waals surface area contributed by atoms with Crippen LogP contribution in [-0.2, 0) is 4.74 Å². The molecule has 16 heavy (non-hydrogen) atoms. The van der Waals surface area contributed by atoms with E-state index in [0.29, 0.717) is 24.2 Å². The molecular weight excluding hydrogens is 222 g/mol. The Labute approximate surface area is 101 Å². The van der Waals surface area contributed by atoms with Crippen LogP contribution in [0, 0.1) is 11.8 Å². The van der Waals surface area contributed by atoms with Gasteiger partial charge in [0.15, 0.2) is 5.11 Å². The van der Waals surface area contributed by atoms with Gasteiger partial charge in [-0.05, 0) is 31.0 Å². The van der Waals surface area contributed by atoms with Crippen molar-refractivity contribution in [2.45, 2.75) is 12.8 Å². The van der Waals surface area contributed by atoms with Crippen LogP contribution < -0.4 is 10.7 Å². The summed E-state index contributed by atoms with van der Waals surface area (Å²) in [4.78, 5) is 0. The molecule has 0 aromatic heterocycles. The quantitative estimate of drug-likeness (QED) is 0.333. The third kappa shape index (κ3) is 2.59. The predicted molar refractivity (Wildman–Crippen MR) is 68.4 cm³/mol. The number of nitrogens with zero attached hydrogens (tertiary/aromatic N) is 1. The first kappa shape index (κ1) is 11.5. The second kappa shape index (κ2) is 5.41. The summed E-state index contributed by atoms with van der Waals surface area (Å²) in [6.45, 7) is 1.35. The minimum atomic E-state index is 0.568.